The van der Waals surface area contributed by atoms with E-state index in [4.69, 9.17) is 9.47 Å². The van der Waals surface area contributed by atoms with Crippen LogP contribution >= 0.6 is 22.7 Å². The third kappa shape index (κ3) is 2.83. The summed E-state index contributed by atoms with van der Waals surface area (Å²) in [4.78, 5) is 16.9. The number of carbonyl (C=O) groups is 1. The van der Waals surface area contributed by atoms with Crippen molar-refractivity contribution in [3.63, 3.8) is 0 Å². The molecule has 0 aliphatic rings. The smallest absolute Gasteiger partial charge is 0.279 e. The summed E-state index contributed by atoms with van der Waals surface area (Å²) in [6, 6.07) is 7.24. The first kappa shape index (κ1) is 14.6. The van der Waals surface area contributed by atoms with Crippen LogP contribution in [0, 0.1) is 0 Å². The number of nitrogens with one attached hydrogen (secondary N) is 2. The lowest BCUT2D eigenvalue weighted by Crippen LogP contribution is -2.28. The summed E-state index contributed by atoms with van der Waals surface area (Å²) in [5, 5.41) is 2.43. The van der Waals surface area contributed by atoms with Gasteiger partial charge < -0.3 is 9.47 Å². The van der Waals surface area contributed by atoms with E-state index in [1.165, 1.54) is 22.7 Å². The molecule has 0 unspecified atom stereocenters. The SMILES string of the molecule is COc1cc(OC)c2nc(NNC(=O)c3cccs3)sc2c1. The quantitative estimate of drug-likeness (QED) is 0.701. The fraction of sp³-hybridized carbons (Fsp3) is 0.143. The van der Waals surface area contributed by atoms with Crippen molar-refractivity contribution in [2.45, 2.75) is 0 Å². The molecule has 0 saturated carbocycles. The molecule has 0 bridgehead atoms. The van der Waals surface area contributed by atoms with E-state index in [1.54, 1.807) is 26.4 Å². The Bertz CT molecular complexity index is 799. The predicted molar refractivity (Wildman–Crippen MR) is 88.1 cm³/mol. The largest absolute Gasteiger partial charge is 0.497 e. The molecule has 0 aliphatic heterocycles. The Morgan fingerprint density at radius 2 is 2.14 bits per heavy atom. The summed E-state index contributed by atoms with van der Waals surface area (Å²) in [7, 11) is 3.18. The summed E-state index contributed by atoms with van der Waals surface area (Å²) in [5.41, 5.74) is 6.18. The monoisotopic (exact) mass is 335 g/mol. The third-order valence-corrected chi connectivity index (χ3v) is 4.70. The van der Waals surface area contributed by atoms with Crippen LogP contribution in [0.2, 0.25) is 0 Å². The van der Waals surface area contributed by atoms with Crippen LogP contribution in [0.15, 0.2) is 29.6 Å². The number of hydrogen-bond acceptors (Lipinski definition) is 7. The number of anilines is 1. The van der Waals surface area contributed by atoms with E-state index in [0.29, 0.717) is 21.5 Å². The van der Waals surface area contributed by atoms with Crippen LogP contribution in [-0.2, 0) is 0 Å². The Morgan fingerprint density at radius 3 is 2.82 bits per heavy atom. The van der Waals surface area contributed by atoms with Gasteiger partial charge in [-0.3, -0.25) is 15.6 Å². The lowest BCUT2D eigenvalue weighted by atomic mass is 10.3. The molecule has 2 heterocycles. The number of rotatable bonds is 5. The van der Waals surface area contributed by atoms with Gasteiger partial charge in [-0.05, 0) is 17.5 Å². The Hall–Kier alpha value is -2.32. The first-order chi connectivity index (χ1) is 10.7. The Labute approximate surface area is 134 Å². The van der Waals surface area contributed by atoms with Crippen LogP contribution < -0.4 is 20.3 Å². The van der Waals surface area contributed by atoms with Crippen LogP contribution in [0.5, 0.6) is 11.5 Å². The van der Waals surface area contributed by atoms with Gasteiger partial charge in [-0.25, -0.2) is 4.98 Å². The molecule has 3 aromatic rings. The fourth-order valence-electron chi connectivity index (χ4n) is 1.88. The van der Waals surface area contributed by atoms with Crippen molar-refractivity contribution in [2.24, 2.45) is 0 Å². The molecule has 0 saturated heterocycles. The molecule has 0 spiro atoms. The van der Waals surface area contributed by atoms with Gasteiger partial charge in [0.05, 0.1) is 23.8 Å². The summed E-state index contributed by atoms with van der Waals surface area (Å²) >= 11 is 2.78. The highest BCUT2D eigenvalue weighted by Gasteiger charge is 2.12. The van der Waals surface area contributed by atoms with E-state index in [-0.39, 0.29) is 5.91 Å². The first-order valence-electron chi connectivity index (χ1n) is 6.33. The van der Waals surface area contributed by atoms with Gasteiger partial charge in [-0.15, -0.1) is 11.3 Å². The number of aromatic nitrogens is 1. The minimum Gasteiger partial charge on any atom is -0.497 e. The standard InChI is InChI=1S/C14H13N3O3S2/c1-19-8-6-9(20-2)12-11(7-8)22-14(15-12)17-16-13(18)10-4-3-5-21-10/h3-7H,1-2H3,(H,15,17)(H,16,18). The summed E-state index contributed by atoms with van der Waals surface area (Å²) in [6.07, 6.45) is 0. The van der Waals surface area contributed by atoms with Gasteiger partial charge in [-0.2, -0.15) is 0 Å². The first-order valence-corrected chi connectivity index (χ1v) is 8.03. The molecule has 0 fully saturated rings. The second-order valence-electron chi connectivity index (χ2n) is 4.25. The molecular weight excluding hydrogens is 322 g/mol. The van der Waals surface area contributed by atoms with Crippen LogP contribution in [-0.4, -0.2) is 25.1 Å². The van der Waals surface area contributed by atoms with E-state index in [9.17, 15) is 4.79 Å². The van der Waals surface area contributed by atoms with E-state index >= 15 is 0 Å². The molecule has 22 heavy (non-hydrogen) atoms. The van der Waals surface area contributed by atoms with Crippen molar-refractivity contribution in [3.05, 3.63) is 34.5 Å². The highest BCUT2D eigenvalue weighted by atomic mass is 32.1. The van der Waals surface area contributed by atoms with Gasteiger partial charge in [0.15, 0.2) is 0 Å². The molecule has 0 atom stereocenters. The van der Waals surface area contributed by atoms with Gasteiger partial charge in [0.2, 0.25) is 5.13 Å². The zero-order chi connectivity index (χ0) is 15.5. The maximum absolute atomic E-state index is 11.9. The topological polar surface area (TPSA) is 72.5 Å². The van der Waals surface area contributed by atoms with Gasteiger partial charge in [0.1, 0.15) is 17.0 Å². The number of methoxy groups -OCH3 is 2. The Morgan fingerprint density at radius 1 is 1.27 bits per heavy atom. The van der Waals surface area contributed by atoms with Gasteiger partial charge in [-0.1, -0.05) is 17.4 Å². The van der Waals surface area contributed by atoms with Gasteiger partial charge >= 0.3 is 0 Å². The molecule has 3 rings (SSSR count). The number of carbonyl (C=O) groups excluding carboxylic acids is 1. The number of benzene rings is 1. The minimum absolute atomic E-state index is 0.196. The van der Waals surface area contributed by atoms with Crippen LogP contribution in [0.4, 0.5) is 5.13 Å². The van der Waals surface area contributed by atoms with Crippen LogP contribution in [0.1, 0.15) is 9.67 Å². The van der Waals surface area contributed by atoms with E-state index < -0.39 is 0 Å². The number of amides is 1. The lowest BCUT2D eigenvalue weighted by Gasteiger charge is -2.04. The summed E-state index contributed by atoms with van der Waals surface area (Å²) < 4.78 is 11.5. The van der Waals surface area contributed by atoms with Crippen molar-refractivity contribution in [3.8, 4) is 11.5 Å². The molecule has 8 heteroatoms. The molecule has 1 aromatic carbocycles. The predicted octanol–water partition coefficient (Wildman–Crippen LogP) is 3.13. The Balaban J connectivity index is 1.81. The van der Waals surface area contributed by atoms with Crippen molar-refractivity contribution < 1.29 is 14.3 Å². The highest BCUT2D eigenvalue weighted by molar-refractivity contribution is 7.22. The number of thiophene rings is 1. The minimum atomic E-state index is -0.196. The molecule has 114 valence electrons. The maximum atomic E-state index is 11.9. The van der Waals surface area contributed by atoms with Crippen molar-refractivity contribution in [1.29, 1.82) is 0 Å². The number of hydrazine groups is 1. The number of ether oxygens (including phenoxy) is 2. The molecule has 0 aliphatic carbocycles. The van der Waals surface area contributed by atoms with Crippen LogP contribution in [0.3, 0.4) is 0 Å². The number of thiazole rings is 1. The second kappa shape index (κ2) is 6.20. The fourth-order valence-corrected chi connectivity index (χ4v) is 3.37. The van der Waals surface area contributed by atoms with E-state index in [1.807, 2.05) is 17.5 Å². The Kier molecular flexibility index (Phi) is 4.12. The number of hydrogen-bond donors (Lipinski definition) is 2. The van der Waals surface area contributed by atoms with E-state index in [2.05, 4.69) is 15.8 Å². The molecule has 2 N–H and O–H groups in total. The van der Waals surface area contributed by atoms with Crippen molar-refractivity contribution >= 4 is 43.9 Å². The molecule has 2 aromatic heterocycles. The summed E-state index contributed by atoms with van der Waals surface area (Å²) in [6.45, 7) is 0. The molecule has 0 radical (unpaired) electrons. The van der Waals surface area contributed by atoms with Gasteiger partial charge in [0.25, 0.3) is 5.91 Å². The van der Waals surface area contributed by atoms with Gasteiger partial charge in [0, 0.05) is 6.07 Å². The second-order valence-corrected chi connectivity index (χ2v) is 6.23. The number of fused-ring (bicyclic) bond motifs is 1. The average molecular weight is 335 g/mol. The van der Waals surface area contributed by atoms with Crippen LogP contribution in [0.25, 0.3) is 10.2 Å². The average Bonchev–Trinajstić information content (AvgIpc) is 3.20. The van der Waals surface area contributed by atoms with Crippen molar-refractivity contribution in [2.75, 3.05) is 19.6 Å². The summed E-state index contributed by atoms with van der Waals surface area (Å²) in [5.74, 6) is 1.13. The zero-order valence-corrected chi connectivity index (χ0v) is 13.5. The normalized spacial score (nSPS) is 10.5. The van der Waals surface area contributed by atoms with E-state index in [0.717, 1.165) is 10.2 Å². The third-order valence-electron chi connectivity index (χ3n) is 2.92. The zero-order valence-electron chi connectivity index (χ0n) is 11.9. The molecule has 1 amide bonds. The number of nitrogens with zero attached hydrogens (tertiary/aromatic N) is 1. The molecule has 6 nitrogen and oxygen atoms in total. The maximum Gasteiger partial charge on any atom is 0.279 e. The van der Waals surface area contributed by atoms with Crippen molar-refractivity contribution in [1.82, 2.24) is 10.4 Å². The molecular formula is C14H13N3O3S2. The lowest BCUT2D eigenvalue weighted by molar-refractivity contribution is 0.0966. The highest BCUT2D eigenvalue weighted by Crippen LogP contribution is 2.35.